The van der Waals surface area contributed by atoms with Crippen LogP contribution in [0, 0.1) is 22.7 Å². The molecule has 0 radical (unpaired) electrons. The van der Waals surface area contributed by atoms with E-state index in [1.54, 1.807) is 0 Å². The van der Waals surface area contributed by atoms with Gasteiger partial charge in [0.05, 0.1) is 42.6 Å². The van der Waals surface area contributed by atoms with Crippen LogP contribution in [0.15, 0.2) is 121 Å². The first kappa shape index (κ1) is 23.8. The largest absolute Gasteiger partial charge is 0.309 e. The van der Waals surface area contributed by atoms with E-state index in [-0.39, 0.29) is 0 Å². The number of nitriles is 2. The summed E-state index contributed by atoms with van der Waals surface area (Å²) < 4.78 is 6.46. The molecule has 0 aliphatic carbocycles. The summed E-state index contributed by atoms with van der Waals surface area (Å²) >= 11 is 1.54. The molecule has 6 aromatic carbocycles. The van der Waals surface area contributed by atoms with Gasteiger partial charge in [-0.05, 0) is 48.5 Å². The molecular weight excluding hydrogens is 545 g/mol. The van der Waals surface area contributed by atoms with Gasteiger partial charge in [-0.25, -0.2) is 0 Å². The molecule has 0 atom stereocenters. The first-order chi connectivity index (χ1) is 21.3. The SMILES string of the molecule is N#Cc1cccc2c1sc1c(C#N)c3c4ccccc4n(-c4cccc(-n5c6ccccc6c6ccccc65)c4)c3cc12. The van der Waals surface area contributed by atoms with Crippen molar-refractivity contribution < 1.29 is 0 Å². The molecule has 0 N–H and O–H groups in total. The molecule has 4 nitrogen and oxygen atoms in total. The molecule has 198 valence electrons. The summed E-state index contributed by atoms with van der Waals surface area (Å²) in [7, 11) is 0. The van der Waals surface area contributed by atoms with Crippen LogP contribution < -0.4 is 0 Å². The quantitative estimate of drug-likeness (QED) is 0.210. The molecule has 0 bridgehead atoms. The molecule has 9 aromatic rings. The fourth-order valence-corrected chi connectivity index (χ4v) is 8.07. The van der Waals surface area contributed by atoms with Gasteiger partial charge in [-0.1, -0.05) is 72.8 Å². The standard InChI is InChI=1S/C38H20N4S/c39-21-23-9-7-15-28-30-20-35-36(31(22-40)38(30)43-37(23)28)29-14-3-6-18-34(29)42(35)25-11-8-10-24(19-25)41-32-16-4-1-12-26(32)27-13-2-5-17-33(27)41/h1-20H. The summed E-state index contributed by atoms with van der Waals surface area (Å²) in [5.74, 6) is 0. The van der Waals surface area contributed by atoms with Gasteiger partial charge in [0.2, 0.25) is 0 Å². The minimum absolute atomic E-state index is 0.638. The maximum Gasteiger partial charge on any atom is 0.101 e. The number of aromatic nitrogens is 2. The Morgan fingerprint density at radius 2 is 1.02 bits per heavy atom. The highest BCUT2D eigenvalue weighted by Gasteiger charge is 2.21. The second-order valence-electron chi connectivity index (χ2n) is 10.8. The van der Waals surface area contributed by atoms with E-state index in [0.29, 0.717) is 11.1 Å². The molecule has 0 aliphatic rings. The zero-order chi connectivity index (χ0) is 28.7. The summed E-state index contributed by atoms with van der Waals surface area (Å²) in [6.07, 6.45) is 0. The number of hydrogen-bond donors (Lipinski definition) is 0. The average molecular weight is 565 g/mol. The molecule has 0 unspecified atom stereocenters. The van der Waals surface area contributed by atoms with Crippen LogP contribution in [-0.4, -0.2) is 9.13 Å². The van der Waals surface area contributed by atoms with Gasteiger partial charge < -0.3 is 9.13 Å². The van der Waals surface area contributed by atoms with Crippen LogP contribution in [0.1, 0.15) is 11.1 Å². The monoisotopic (exact) mass is 564 g/mol. The molecule has 0 spiro atoms. The summed E-state index contributed by atoms with van der Waals surface area (Å²) in [6, 6.07) is 47.0. The van der Waals surface area contributed by atoms with Crippen LogP contribution in [0.3, 0.4) is 0 Å². The zero-order valence-electron chi connectivity index (χ0n) is 22.7. The van der Waals surface area contributed by atoms with Gasteiger partial charge >= 0.3 is 0 Å². The highest BCUT2D eigenvalue weighted by Crippen LogP contribution is 2.44. The van der Waals surface area contributed by atoms with Gasteiger partial charge in [0, 0.05) is 43.7 Å². The third-order valence-corrected chi connectivity index (χ3v) is 9.85. The lowest BCUT2D eigenvalue weighted by molar-refractivity contribution is 1.13. The zero-order valence-corrected chi connectivity index (χ0v) is 23.6. The summed E-state index contributed by atoms with van der Waals surface area (Å²) in [6.45, 7) is 0. The maximum absolute atomic E-state index is 10.6. The number of benzene rings is 6. The van der Waals surface area contributed by atoms with E-state index in [1.807, 2.05) is 18.2 Å². The number of para-hydroxylation sites is 3. The number of hydrogen-bond acceptors (Lipinski definition) is 3. The fraction of sp³-hybridized carbons (Fsp3) is 0. The van der Waals surface area contributed by atoms with Crippen molar-refractivity contribution in [2.24, 2.45) is 0 Å². The molecule has 0 fully saturated rings. The van der Waals surface area contributed by atoms with Crippen LogP contribution in [0.2, 0.25) is 0 Å². The van der Waals surface area contributed by atoms with Crippen molar-refractivity contribution in [1.29, 1.82) is 10.5 Å². The Hall–Kier alpha value is -5.88. The van der Waals surface area contributed by atoms with Crippen LogP contribution in [0.5, 0.6) is 0 Å². The lowest BCUT2D eigenvalue weighted by atomic mass is 10.0. The van der Waals surface area contributed by atoms with Gasteiger partial charge in [-0.2, -0.15) is 10.5 Å². The Kier molecular flexibility index (Phi) is 4.87. The molecule has 0 aliphatic heterocycles. The average Bonchev–Trinajstić information content (AvgIpc) is 3.71. The first-order valence-corrected chi connectivity index (χ1v) is 14.9. The molecule has 0 amide bonds. The Morgan fingerprint density at radius 1 is 0.465 bits per heavy atom. The summed E-state index contributed by atoms with van der Waals surface area (Å²) in [4.78, 5) is 0. The van der Waals surface area contributed by atoms with Crippen LogP contribution in [-0.2, 0) is 0 Å². The Morgan fingerprint density at radius 3 is 1.67 bits per heavy atom. The van der Waals surface area contributed by atoms with E-state index in [2.05, 4.69) is 124 Å². The maximum atomic E-state index is 10.6. The van der Waals surface area contributed by atoms with Crippen LogP contribution in [0.25, 0.3) is 75.2 Å². The molecule has 5 heteroatoms. The highest BCUT2D eigenvalue weighted by molar-refractivity contribution is 7.26. The van der Waals surface area contributed by atoms with Gasteiger partial charge in [0.15, 0.2) is 0 Å². The van der Waals surface area contributed by atoms with Gasteiger partial charge in [0.1, 0.15) is 12.1 Å². The van der Waals surface area contributed by atoms with Gasteiger partial charge in [-0.15, -0.1) is 11.3 Å². The summed E-state index contributed by atoms with van der Waals surface area (Å²) in [5, 5.41) is 26.8. The summed E-state index contributed by atoms with van der Waals surface area (Å²) in [5.41, 5.74) is 7.74. The number of fused-ring (bicyclic) bond motifs is 9. The molecule has 9 rings (SSSR count). The first-order valence-electron chi connectivity index (χ1n) is 14.1. The minimum Gasteiger partial charge on any atom is -0.309 e. The molecule has 3 heterocycles. The predicted octanol–water partition coefficient (Wildman–Crippen LogP) is 9.99. The topological polar surface area (TPSA) is 57.4 Å². The molecule has 3 aromatic heterocycles. The molecule has 0 saturated heterocycles. The van der Waals surface area contributed by atoms with E-state index >= 15 is 0 Å². The Labute approximate surface area is 250 Å². The molecule has 43 heavy (non-hydrogen) atoms. The van der Waals surface area contributed by atoms with E-state index in [4.69, 9.17) is 0 Å². The number of rotatable bonds is 2. The van der Waals surface area contributed by atoms with Gasteiger partial charge in [0.25, 0.3) is 0 Å². The van der Waals surface area contributed by atoms with E-state index in [1.165, 1.54) is 22.1 Å². The van der Waals surface area contributed by atoms with Gasteiger partial charge in [-0.3, -0.25) is 0 Å². The highest BCUT2D eigenvalue weighted by atomic mass is 32.1. The Balaban J connectivity index is 1.40. The Bertz CT molecular complexity index is 2650. The van der Waals surface area contributed by atoms with Crippen LogP contribution in [0.4, 0.5) is 0 Å². The fourth-order valence-electron chi connectivity index (χ4n) is 6.82. The van der Waals surface area contributed by atoms with Crippen molar-refractivity contribution in [3.8, 4) is 23.5 Å². The third kappa shape index (κ3) is 3.17. The third-order valence-electron chi connectivity index (χ3n) is 8.58. The second kappa shape index (κ2) is 8.81. The van der Waals surface area contributed by atoms with Crippen molar-refractivity contribution >= 4 is 75.1 Å². The van der Waals surface area contributed by atoms with E-state index in [0.717, 1.165) is 64.4 Å². The number of nitrogens with zero attached hydrogens (tertiary/aromatic N) is 4. The van der Waals surface area contributed by atoms with E-state index < -0.39 is 0 Å². The normalized spacial score (nSPS) is 11.7. The van der Waals surface area contributed by atoms with Crippen molar-refractivity contribution in [2.45, 2.75) is 0 Å². The van der Waals surface area contributed by atoms with Crippen LogP contribution >= 0.6 is 11.3 Å². The lowest BCUT2D eigenvalue weighted by Crippen LogP contribution is -1.98. The number of thiophene rings is 1. The predicted molar refractivity (Wildman–Crippen MR) is 177 cm³/mol. The van der Waals surface area contributed by atoms with E-state index in [9.17, 15) is 10.5 Å². The van der Waals surface area contributed by atoms with Crippen molar-refractivity contribution in [3.05, 3.63) is 132 Å². The van der Waals surface area contributed by atoms with Crippen molar-refractivity contribution in [1.82, 2.24) is 9.13 Å². The lowest BCUT2D eigenvalue weighted by Gasteiger charge is -2.13. The smallest absolute Gasteiger partial charge is 0.101 e. The minimum atomic E-state index is 0.638. The molecule has 0 saturated carbocycles. The molecular formula is C38H20N4S. The van der Waals surface area contributed by atoms with Crippen molar-refractivity contribution in [3.63, 3.8) is 0 Å². The van der Waals surface area contributed by atoms with Crippen molar-refractivity contribution in [2.75, 3.05) is 0 Å². The second-order valence-corrected chi connectivity index (χ2v) is 11.8.